The van der Waals surface area contributed by atoms with Crippen molar-refractivity contribution in [1.29, 1.82) is 0 Å². The number of piperidine rings is 1. The maximum atomic E-state index is 12.9. The van der Waals surface area contributed by atoms with Crippen molar-refractivity contribution in [2.24, 2.45) is 5.92 Å². The first-order valence-corrected chi connectivity index (χ1v) is 10.1. The van der Waals surface area contributed by atoms with Crippen molar-refractivity contribution in [2.75, 3.05) is 18.4 Å². The normalized spacial score (nSPS) is 18.6. The molecule has 1 amide bonds. The van der Waals surface area contributed by atoms with Crippen LogP contribution in [0.3, 0.4) is 0 Å². The van der Waals surface area contributed by atoms with Crippen LogP contribution in [-0.4, -0.2) is 46.7 Å². The van der Waals surface area contributed by atoms with Gasteiger partial charge in [0.15, 0.2) is 10.0 Å². The molecule has 3 N–H and O–H groups in total. The lowest BCUT2D eigenvalue weighted by molar-refractivity contribution is -0.120. The average molecular weight is 399 g/mol. The molecule has 1 saturated heterocycles. The number of aryl methyl sites for hydroxylation is 1. The number of H-pyrrole nitrogens is 2. The molecule has 12 heteroatoms. The van der Waals surface area contributed by atoms with Gasteiger partial charge in [-0.05, 0) is 19.8 Å². The summed E-state index contributed by atoms with van der Waals surface area (Å²) in [5.41, 5.74) is -1.78. The molecule has 0 aromatic carbocycles. The number of amides is 1. The summed E-state index contributed by atoms with van der Waals surface area (Å²) in [5, 5.41) is 4.83. The Bertz CT molecular complexity index is 1020. The summed E-state index contributed by atoms with van der Waals surface area (Å²) >= 11 is 1.27. The molecule has 1 fully saturated rings. The predicted molar refractivity (Wildman–Crippen MR) is 94.6 cm³/mol. The van der Waals surface area contributed by atoms with E-state index in [1.165, 1.54) is 18.3 Å². The van der Waals surface area contributed by atoms with E-state index in [0.717, 1.165) is 4.31 Å². The van der Waals surface area contributed by atoms with Gasteiger partial charge in [0.05, 0.1) is 5.92 Å². The Morgan fingerprint density at radius 1 is 1.38 bits per heavy atom. The van der Waals surface area contributed by atoms with Crippen LogP contribution >= 0.6 is 11.3 Å². The van der Waals surface area contributed by atoms with Gasteiger partial charge in [-0.15, -0.1) is 11.3 Å². The van der Waals surface area contributed by atoms with Gasteiger partial charge in [-0.2, -0.15) is 4.31 Å². The van der Waals surface area contributed by atoms with Crippen LogP contribution in [0.5, 0.6) is 0 Å². The molecular weight excluding hydrogens is 382 g/mol. The number of nitrogens with zero attached hydrogens (tertiary/aromatic N) is 2. The van der Waals surface area contributed by atoms with Gasteiger partial charge in [0.25, 0.3) is 5.56 Å². The van der Waals surface area contributed by atoms with E-state index in [4.69, 9.17) is 0 Å². The number of nitrogens with one attached hydrogen (secondary N) is 3. The number of hydrogen-bond donors (Lipinski definition) is 3. The van der Waals surface area contributed by atoms with E-state index in [0.29, 0.717) is 18.0 Å². The molecule has 26 heavy (non-hydrogen) atoms. The third kappa shape index (κ3) is 3.61. The molecule has 3 rings (SSSR count). The molecule has 10 nitrogen and oxygen atoms in total. The Kier molecular flexibility index (Phi) is 5.07. The summed E-state index contributed by atoms with van der Waals surface area (Å²) in [4.78, 5) is 43.4. The predicted octanol–water partition coefficient (Wildman–Crippen LogP) is -0.132. The molecule has 0 aliphatic carbocycles. The van der Waals surface area contributed by atoms with E-state index in [2.05, 4.69) is 15.3 Å². The molecule has 1 aliphatic heterocycles. The van der Waals surface area contributed by atoms with Crippen molar-refractivity contribution in [3.63, 3.8) is 0 Å². The maximum Gasteiger partial charge on any atom is 0.325 e. The third-order valence-electron chi connectivity index (χ3n) is 4.09. The van der Waals surface area contributed by atoms with Gasteiger partial charge >= 0.3 is 5.69 Å². The van der Waals surface area contributed by atoms with Gasteiger partial charge in [-0.3, -0.25) is 14.6 Å². The van der Waals surface area contributed by atoms with Crippen LogP contribution in [0, 0.1) is 12.8 Å². The lowest BCUT2D eigenvalue weighted by atomic mass is 9.99. The first-order chi connectivity index (χ1) is 12.3. The molecule has 2 aromatic rings. The van der Waals surface area contributed by atoms with E-state index >= 15 is 0 Å². The number of aromatic amines is 2. The van der Waals surface area contributed by atoms with E-state index in [1.54, 1.807) is 11.6 Å². The third-order valence-corrected chi connectivity index (χ3v) is 6.80. The van der Waals surface area contributed by atoms with Crippen LogP contribution in [0.25, 0.3) is 0 Å². The van der Waals surface area contributed by atoms with Crippen molar-refractivity contribution >= 4 is 32.4 Å². The number of rotatable bonds is 4. The minimum Gasteiger partial charge on any atom is -0.310 e. The van der Waals surface area contributed by atoms with Gasteiger partial charge in [-0.1, -0.05) is 0 Å². The smallest absolute Gasteiger partial charge is 0.310 e. The quantitative estimate of drug-likeness (QED) is 0.653. The molecule has 0 unspecified atom stereocenters. The van der Waals surface area contributed by atoms with Crippen LogP contribution in [0.15, 0.2) is 26.1 Å². The Morgan fingerprint density at radius 3 is 2.81 bits per heavy atom. The molecule has 140 valence electrons. The van der Waals surface area contributed by atoms with E-state index < -0.39 is 32.1 Å². The monoisotopic (exact) mass is 399 g/mol. The Labute approximate surface area is 152 Å². The van der Waals surface area contributed by atoms with Crippen molar-refractivity contribution in [2.45, 2.75) is 24.7 Å². The van der Waals surface area contributed by atoms with Crippen LogP contribution in [0.2, 0.25) is 0 Å². The number of aromatic nitrogens is 3. The van der Waals surface area contributed by atoms with Gasteiger partial charge in [-0.25, -0.2) is 18.2 Å². The van der Waals surface area contributed by atoms with Crippen molar-refractivity contribution in [1.82, 2.24) is 19.3 Å². The summed E-state index contributed by atoms with van der Waals surface area (Å²) in [5.74, 6) is -0.864. The molecule has 0 saturated carbocycles. The molecular formula is C14H17N5O5S2. The van der Waals surface area contributed by atoms with Gasteiger partial charge in [0.1, 0.15) is 0 Å². The van der Waals surface area contributed by atoms with Crippen LogP contribution in [0.4, 0.5) is 5.13 Å². The fourth-order valence-corrected chi connectivity index (χ4v) is 5.15. The number of sulfonamides is 1. The fraction of sp³-hybridized carbons (Fsp3) is 0.429. The van der Waals surface area contributed by atoms with E-state index in [-0.39, 0.29) is 24.7 Å². The zero-order chi connectivity index (χ0) is 18.9. The van der Waals surface area contributed by atoms with Crippen LogP contribution < -0.4 is 16.6 Å². The summed E-state index contributed by atoms with van der Waals surface area (Å²) < 4.78 is 26.8. The number of carbonyl (C=O) groups excluding carboxylic acids is 1. The second-order valence-corrected chi connectivity index (χ2v) is 8.66. The largest absolute Gasteiger partial charge is 0.325 e. The van der Waals surface area contributed by atoms with Crippen LogP contribution in [-0.2, 0) is 14.8 Å². The highest BCUT2D eigenvalue weighted by atomic mass is 32.2. The Hall–Kier alpha value is -2.31. The zero-order valence-corrected chi connectivity index (χ0v) is 15.4. The summed E-state index contributed by atoms with van der Waals surface area (Å²) in [6.07, 6.45) is 2.57. The second-order valence-electron chi connectivity index (χ2n) is 5.89. The van der Waals surface area contributed by atoms with Gasteiger partial charge in [0, 0.05) is 30.4 Å². The van der Waals surface area contributed by atoms with Crippen molar-refractivity contribution < 1.29 is 13.2 Å². The first kappa shape index (κ1) is 18.5. The number of anilines is 1. The number of hydrogen-bond acceptors (Lipinski definition) is 7. The number of carbonyl (C=O) groups is 1. The summed E-state index contributed by atoms with van der Waals surface area (Å²) in [7, 11) is -4.14. The van der Waals surface area contributed by atoms with E-state index in [1.807, 2.05) is 4.98 Å². The lowest BCUT2D eigenvalue weighted by Gasteiger charge is -2.31. The highest BCUT2D eigenvalue weighted by Gasteiger charge is 2.36. The standard InChI is InChI=1S/C14H17N5O5S2/c1-8-10(12(21)17-13(22)16-8)26(23,24)19-5-2-3-9(7-19)11(20)18-14-15-4-6-25-14/h4,6,9H,2-3,5,7H2,1H3,(H,15,18,20)(H2,16,17,21,22)/t9-/m0/s1. The molecule has 1 aliphatic rings. The van der Waals surface area contributed by atoms with Crippen LogP contribution in [0.1, 0.15) is 18.5 Å². The molecule has 2 aromatic heterocycles. The zero-order valence-electron chi connectivity index (χ0n) is 13.8. The summed E-state index contributed by atoms with van der Waals surface area (Å²) in [6.45, 7) is 1.50. The summed E-state index contributed by atoms with van der Waals surface area (Å²) in [6, 6.07) is 0. The maximum absolute atomic E-state index is 12.9. The topological polar surface area (TPSA) is 145 Å². The average Bonchev–Trinajstić information content (AvgIpc) is 3.06. The van der Waals surface area contributed by atoms with Crippen molar-refractivity contribution in [3.05, 3.63) is 38.1 Å². The van der Waals surface area contributed by atoms with Gasteiger partial charge in [0.2, 0.25) is 15.9 Å². The second kappa shape index (κ2) is 7.13. The fourth-order valence-electron chi connectivity index (χ4n) is 2.90. The van der Waals surface area contributed by atoms with E-state index in [9.17, 15) is 22.8 Å². The minimum atomic E-state index is -4.14. The van der Waals surface area contributed by atoms with Gasteiger partial charge < -0.3 is 10.3 Å². The first-order valence-electron chi connectivity index (χ1n) is 7.82. The highest BCUT2D eigenvalue weighted by Crippen LogP contribution is 2.24. The Morgan fingerprint density at radius 2 is 2.15 bits per heavy atom. The molecule has 0 bridgehead atoms. The molecule has 3 heterocycles. The SMILES string of the molecule is Cc1[nH]c(=O)[nH]c(=O)c1S(=O)(=O)N1CCC[C@H](C(=O)Nc2nccs2)C1. The Balaban J connectivity index is 1.84. The number of thiazole rings is 1. The molecule has 1 atom stereocenters. The lowest BCUT2D eigenvalue weighted by Crippen LogP contribution is -2.45. The molecule has 0 radical (unpaired) electrons. The minimum absolute atomic E-state index is 0.0342. The molecule has 0 spiro atoms. The highest BCUT2D eigenvalue weighted by molar-refractivity contribution is 7.89. The van der Waals surface area contributed by atoms with Crippen molar-refractivity contribution in [3.8, 4) is 0 Å².